The van der Waals surface area contributed by atoms with E-state index >= 15 is 0 Å². The molecular formula is C13H14ClNO. The number of nitriles is 1. The normalized spacial score (nSPS) is 26.3. The van der Waals surface area contributed by atoms with Crippen LogP contribution in [0.15, 0.2) is 24.3 Å². The highest BCUT2D eigenvalue weighted by Crippen LogP contribution is 2.35. The largest absolute Gasteiger partial charge is 0.369 e. The highest BCUT2D eigenvalue weighted by molar-refractivity contribution is 6.30. The molecule has 1 aromatic carbocycles. The average Bonchev–Trinajstić information content (AvgIpc) is 2.78. The summed E-state index contributed by atoms with van der Waals surface area (Å²) in [5.41, 5.74) is 1.15. The topological polar surface area (TPSA) is 33.0 Å². The Hall–Kier alpha value is -1.04. The Morgan fingerprint density at radius 2 is 2.06 bits per heavy atom. The Labute approximate surface area is 101 Å². The van der Waals surface area contributed by atoms with Crippen molar-refractivity contribution in [1.29, 1.82) is 5.26 Å². The summed E-state index contributed by atoms with van der Waals surface area (Å²) in [7, 11) is 0. The molecule has 1 aliphatic rings. The van der Waals surface area contributed by atoms with E-state index in [2.05, 4.69) is 6.07 Å². The van der Waals surface area contributed by atoms with Gasteiger partial charge in [0, 0.05) is 5.02 Å². The van der Waals surface area contributed by atoms with E-state index in [1.807, 2.05) is 31.2 Å². The second-order valence-electron chi connectivity index (χ2n) is 4.21. The molecule has 0 radical (unpaired) electrons. The van der Waals surface area contributed by atoms with Gasteiger partial charge in [-0.15, -0.1) is 0 Å². The van der Waals surface area contributed by atoms with Crippen molar-refractivity contribution < 1.29 is 4.74 Å². The number of ether oxygens (including phenoxy) is 1. The van der Waals surface area contributed by atoms with E-state index in [0.29, 0.717) is 0 Å². The minimum Gasteiger partial charge on any atom is -0.369 e. The molecule has 3 heteroatoms. The van der Waals surface area contributed by atoms with Crippen LogP contribution >= 0.6 is 11.6 Å². The number of hydrogen-bond acceptors (Lipinski definition) is 2. The summed E-state index contributed by atoms with van der Waals surface area (Å²) in [6.07, 6.45) is 2.14. The zero-order valence-electron chi connectivity index (χ0n) is 9.19. The van der Waals surface area contributed by atoms with Crippen LogP contribution < -0.4 is 0 Å². The Kier molecular flexibility index (Phi) is 3.48. The fourth-order valence-corrected chi connectivity index (χ4v) is 2.16. The number of halogens is 1. The molecule has 16 heavy (non-hydrogen) atoms. The van der Waals surface area contributed by atoms with Crippen molar-refractivity contribution >= 4 is 11.6 Å². The molecule has 3 atom stereocenters. The summed E-state index contributed by atoms with van der Waals surface area (Å²) >= 11 is 5.84. The number of hydrogen-bond donors (Lipinski definition) is 0. The van der Waals surface area contributed by atoms with Gasteiger partial charge >= 0.3 is 0 Å². The average molecular weight is 236 g/mol. The molecule has 1 heterocycles. The first kappa shape index (κ1) is 11.4. The van der Waals surface area contributed by atoms with Gasteiger partial charge in [-0.3, -0.25) is 0 Å². The molecule has 0 saturated carbocycles. The van der Waals surface area contributed by atoms with Gasteiger partial charge < -0.3 is 4.74 Å². The van der Waals surface area contributed by atoms with Crippen LogP contribution in [0.1, 0.15) is 31.4 Å². The van der Waals surface area contributed by atoms with Crippen molar-refractivity contribution in [2.75, 3.05) is 0 Å². The van der Waals surface area contributed by atoms with Crippen molar-refractivity contribution in [2.45, 2.75) is 32.0 Å². The van der Waals surface area contributed by atoms with Crippen LogP contribution in [0.5, 0.6) is 0 Å². The zero-order chi connectivity index (χ0) is 11.5. The molecule has 1 aliphatic heterocycles. The van der Waals surface area contributed by atoms with Crippen molar-refractivity contribution in [1.82, 2.24) is 0 Å². The van der Waals surface area contributed by atoms with Crippen LogP contribution in [-0.2, 0) is 4.74 Å². The lowest BCUT2D eigenvalue weighted by Gasteiger charge is -2.15. The monoisotopic (exact) mass is 235 g/mol. The lowest BCUT2D eigenvalue weighted by molar-refractivity contribution is 0.0268. The van der Waals surface area contributed by atoms with E-state index in [-0.39, 0.29) is 18.1 Å². The molecule has 2 nitrogen and oxygen atoms in total. The Morgan fingerprint density at radius 3 is 2.69 bits per heavy atom. The Morgan fingerprint density at radius 1 is 1.38 bits per heavy atom. The summed E-state index contributed by atoms with van der Waals surface area (Å²) in [6, 6.07) is 9.98. The van der Waals surface area contributed by atoms with Gasteiger partial charge in [0.25, 0.3) is 0 Å². The quantitative estimate of drug-likeness (QED) is 0.783. The molecule has 0 bridgehead atoms. The van der Waals surface area contributed by atoms with E-state index in [1.165, 1.54) is 0 Å². The van der Waals surface area contributed by atoms with Crippen LogP contribution in [-0.4, -0.2) is 6.10 Å². The Balaban J connectivity index is 2.04. The smallest absolute Gasteiger partial charge is 0.0830 e. The minimum atomic E-state index is -0.0303. The van der Waals surface area contributed by atoms with E-state index < -0.39 is 0 Å². The first-order valence-electron chi connectivity index (χ1n) is 5.51. The highest BCUT2D eigenvalue weighted by Gasteiger charge is 2.30. The SMILES string of the molecule is CC(C#N)C1CCC(c2ccc(Cl)cc2)O1. The fourth-order valence-electron chi connectivity index (χ4n) is 2.04. The summed E-state index contributed by atoms with van der Waals surface area (Å²) in [6.45, 7) is 1.91. The Bertz CT molecular complexity index is 395. The third-order valence-corrected chi connectivity index (χ3v) is 3.31. The van der Waals surface area contributed by atoms with Crippen molar-refractivity contribution in [3.63, 3.8) is 0 Å². The standard InChI is InChI=1S/C13H14ClNO/c1-9(8-15)12-6-7-13(16-12)10-2-4-11(14)5-3-10/h2-5,9,12-13H,6-7H2,1H3. The summed E-state index contributed by atoms with van der Waals surface area (Å²) < 4.78 is 5.87. The van der Waals surface area contributed by atoms with Crippen molar-refractivity contribution in [2.24, 2.45) is 5.92 Å². The maximum Gasteiger partial charge on any atom is 0.0830 e. The van der Waals surface area contributed by atoms with E-state index in [4.69, 9.17) is 21.6 Å². The second-order valence-corrected chi connectivity index (χ2v) is 4.65. The summed E-state index contributed by atoms with van der Waals surface area (Å²) in [5, 5.41) is 9.58. The van der Waals surface area contributed by atoms with E-state index in [0.717, 1.165) is 23.4 Å². The lowest BCUT2D eigenvalue weighted by atomic mass is 10.0. The van der Waals surface area contributed by atoms with Crippen molar-refractivity contribution in [3.05, 3.63) is 34.9 Å². The van der Waals surface area contributed by atoms with Gasteiger partial charge in [-0.2, -0.15) is 5.26 Å². The van der Waals surface area contributed by atoms with Crippen molar-refractivity contribution in [3.8, 4) is 6.07 Å². The van der Waals surface area contributed by atoms with Gasteiger partial charge in [0.1, 0.15) is 0 Å². The predicted molar refractivity (Wildman–Crippen MR) is 63.1 cm³/mol. The fraction of sp³-hybridized carbons (Fsp3) is 0.462. The molecule has 84 valence electrons. The maximum absolute atomic E-state index is 8.84. The van der Waals surface area contributed by atoms with Crippen LogP contribution in [0, 0.1) is 17.2 Å². The summed E-state index contributed by atoms with van der Waals surface area (Å²) in [5.74, 6) is -0.0303. The molecule has 0 spiro atoms. The summed E-state index contributed by atoms with van der Waals surface area (Å²) in [4.78, 5) is 0. The molecule has 1 fully saturated rings. The first-order chi connectivity index (χ1) is 7.70. The number of rotatable bonds is 2. The minimum absolute atomic E-state index is 0.0303. The van der Waals surface area contributed by atoms with Crippen LogP contribution in [0.3, 0.4) is 0 Å². The van der Waals surface area contributed by atoms with Crippen LogP contribution in [0.4, 0.5) is 0 Å². The molecule has 0 aromatic heterocycles. The highest BCUT2D eigenvalue weighted by atomic mass is 35.5. The molecule has 1 aromatic rings. The van der Waals surface area contributed by atoms with Gasteiger partial charge in [-0.1, -0.05) is 23.7 Å². The van der Waals surface area contributed by atoms with Crippen LogP contribution in [0.2, 0.25) is 5.02 Å². The molecule has 3 unspecified atom stereocenters. The molecule has 0 N–H and O–H groups in total. The van der Waals surface area contributed by atoms with Crippen LogP contribution in [0.25, 0.3) is 0 Å². The van der Waals surface area contributed by atoms with Gasteiger partial charge in [-0.25, -0.2) is 0 Å². The van der Waals surface area contributed by atoms with Gasteiger partial charge in [0.2, 0.25) is 0 Å². The maximum atomic E-state index is 8.84. The van der Waals surface area contributed by atoms with Gasteiger partial charge in [0.05, 0.1) is 24.2 Å². The molecule has 1 saturated heterocycles. The second kappa shape index (κ2) is 4.86. The number of benzene rings is 1. The molecule has 2 rings (SSSR count). The number of nitrogens with zero attached hydrogens (tertiary/aromatic N) is 1. The van der Waals surface area contributed by atoms with E-state index in [9.17, 15) is 0 Å². The van der Waals surface area contributed by atoms with Gasteiger partial charge in [0.15, 0.2) is 0 Å². The third-order valence-electron chi connectivity index (χ3n) is 3.06. The first-order valence-corrected chi connectivity index (χ1v) is 5.89. The van der Waals surface area contributed by atoms with Gasteiger partial charge in [-0.05, 0) is 37.5 Å². The molecular weight excluding hydrogens is 222 g/mol. The molecule has 0 aliphatic carbocycles. The molecule has 0 amide bonds. The third kappa shape index (κ3) is 2.37. The van der Waals surface area contributed by atoms with E-state index in [1.54, 1.807) is 0 Å². The predicted octanol–water partition coefficient (Wildman–Crippen LogP) is 3.72. The lowest BCUT2D eigenvalue weighted by Crippen LogP contribution is -2.15. The zero-order valence-corrected chi connectivity index (χ0v) is 9.95.